The molecule has 0 atom stereocenters. The summed E-state index contributed by atoms with van der Waals surface area (Å²) in [5, 5.41) is 2.19. The summed E-state index contributed by atoms with van der Waals surface area (Å²) in [6.45, 7) is 7.62. The Morgan fingerprint density at radius 3 is 2.75 bits per heavy atom. The van der Waals surface area contributed by atoms with Gasteiger partial charge in [0.1, 0.15) is 0 Å². The quantitative estimate of drug-likeness (QED) is 0.808. The predicted molar refractivity (Wildman–Crippen MR) is 85.1 cm³/mol. The van der Waals surface area contributed by atoms with Crippen LogP contribution in [-0.2, 0) is 0 Å². The third-order valence-electron chi connectivity index (χ3n) is 4.50. The summed E-state index contributed by atoms with van der Waals surface area (Å²) in [6.07, 6.45) is 3.67. The van der Waals surface area contributed by atoms with Crippen molar-refractivity contribution in [3.05, 3.63) is 30.6 Å². The zero-order valence-corrected chi connectivity index (χ0v) is 12.4. The number of nitrogen functional groups attached to an aromatic ring is 1. The lowest BCUT2D eigenvalue weighted by molar-refractivity contribution is 0.139. The monoisotopic (exact) mass is 270 g/mol. The van der Waals surface area contributed by atoms with Crippen molar-refractivity contribution in [2.24, 2.45) is 0 Å². The van der Waals surface area contributed by atoms with Gasteiger partial charge in [-0.25, -0.2) is 0 Å². The van der Waals surface area contributed by atoms with Gasteiger partial charge in [-0.3, -0.25) is 9.88 Å². The fourth-order valence-electron chi connectivity index (χ4n) is 2.90. The van der Waals surface area contributed by atoms with Gasteiger partial charge in [0.2, 0.25) is 0 Å². The van der Waals surface area contributed by atoms with E-state index in [-0.39, 0.29) is 5.54 Å². The third kappa shape index (κ3) is 2.10. The van der Waals surface area contributed by atoms with Gasteiger partial charge in [-0.05, 0) is 33.0 Å². The van der Waals surface area contributed by atoms with E-state index in [2.05, 4.69) is 47.8 Å². The Labute approximate surface area is 120 Å². The number of aromatic nitrogens is 1. The summed E-state index contributed by atoms with van der Waals surface area (Å²) < 4.78 is 0. The minimum atomic E-state index is 0.165. The SMILES string of the molecule is CN1CCN(c2ccc3cnccc3c2N)CC1(C)C. The standard InChI is InChI=1S/C16H22N4/c1-16(2)11-20(9-8-19(16)3)14-5-4-12-10-18-7-6-13(12)15(14)17/h4-7,10H,8-9,11,17H2,1-3H3. The molecule has 1 aromatic heterocycles. The first-order valence-corrected chi connectivity index (χ1v) is 7.07. The first kappa shape index (κ1) is 13.2. The topological polar surface area (TPSA) is 45.4 Å². The Hall–Kier alpha value is -1.81. The van der Waals surface area contributed by atoms with Crippen molar-refractivity contribution in [2.45, 2.75) is 19.4 Å². The maximum absolute atomic E-state index is 6.39. The molecule has 1 aromatic carbocycles. The highest BCUT2D eigenvalue weighted by Gasteiger charge is 2.31. The lowest BCUT2D eigenvalue weighted by atomic mass is 9.98. The Bertz CT molecular complexity index is 635. The fraction of sp³-hybridized carbons (Fsp3) is 0.438. The minimum absolute atomic E-state index is 0.165. The molecule has 4 nitrogen and oxygen atoms in total. The smallest absolute Gasteiger partial charge is 0.0632 e. The number of rotatable bonds is 1. The molecule has 0 spiro atoms. The normalized spacial score (nSPS) is 19.4. The molecule has 3 rings (SSSR count). The van der Waals surface area contributed by atoms with Crippen LogP contribution >= 0.6 is 0 Å². The van der Waals surface area contributed by atoms with Gasteiger partial charge in [0.25, 0.3) is 0 Å². The second kappa shape index (κ2) is 4.63. The van der Waals surface area contributed by atoms with Crippen molar-refractivity contribution in [3.8, 4) is 0 Å². The number of nitrogens with two attached hydrogens (primary N) is 1. The minimum Gasteiger partial charge on any atom is -0.397 e. The Balaban J connectivity index is 2.01. The van der Waals surface area contributed by atoms with Crippen LogP contribution < -0.4 is 10.6 Å². The molecule has 106 valence electrons. The summed E-state index contributed by atoms with van der Waals surface area (Å²) in [6, 6.07) is 6.23. The van der Waals surface area contributed by atoms with Crippen LogP contribution in [0.3, 0.4) is 0 Å². The van der Waals surface area contributed by atoms with Gasteiger partial charge in [0.05, 0.1) is 11.4 Å². The molecule has 1 aliphatic heterocycles. The van der Waals surface area contributed by atoms with Gasteiger partial charge < -0.3 is 10.6 Å². The van der Waals surface area contributed by atoms with Gasteiger partial charge in [-0.1, -0.05) is 6.07 Å². The van der Waals surface area contributed by atoms with Crippen LogP contribution in [0.5, 0.6) is 0 Å². The highest BCUT2D eigenvalue weighted by Crippen LogP contribution is 2.33. The lowest BCUT2D eigenvalue weighted by Crippen LogP contribution is -2.57. The number of likely N-dealkylation sites (N-methyl/N-ethyl adjacent to an activating group) is 1. The van der Waals surface area contributed by atoms with E-state index >= 15 is 0 Å². The number of pyridine rings is 1. The fourth-order valence-corrected chi connectivity index (χ4v) is 2.90. The van der Waals surface area contributed by atoms with E-state index in [4.69, 9.17) is 5.73 Å². The molecule has 0 aliphatic carbocycles. The van der Waals surface area contributed by atoms with Crippen molar-refractivity contribution in [1.29, 1.82) is 0 Å². The summed E-state index contributed by atoms with van der Waals surface area (Å²) in [5.74, 6) is 0. The molecule has 2 N–H and O–H groups in total. The molecule has 0 radical (unpaired) electrons. The maximum atomic E-state index is 6.39. The van der Waals surface area contributed by atoms with E-state index in [1.54, 1.807) is 6.20 Å². The predicted octanol–water partition coefficient (Wildman–Crippen LogP) is 2.35. The number of benzene rings is 1. The molecule has 0 saturated carbocycles. The molecule has 1 aliphatic rings. The summed E-state index contributed by atoms with van der Waals surface area (Å²) in [5.41, 5.74) is 8.56. The molecule has 2 heterocycles. The van der Waals surface area contributed by atoms with E-state index in [1.807, 2.05) is 12.3 Å². The number of anilines is 2. The zero-order chi connectivity index (χ0) is 14.3. The van der Waals surface area contributed by atoms with Gasteiger partial charge in [0.15, 0.2) is 0 Å². The second-order valence-corrected chi connectivity index (χ2v) is 6.25. The van der Waals surface area contributed by atoms with Crippen molar-refractivity contribution in [3.63, 3.8) is 0 Å². The molecule has 1 saturated heterocycles. The Kier molecular flexibility index (Phi) is 3.05. The number of fused-ring (bicyclic) bond motifs is 1. The average Bonchev–Trinajstić information content (AvgIpc) is 2.43. The van der Waals surface area contributed by atoms with Gasteiger partial charge in [-0.15, -0.1) is 0 Å². The first-order chi connectivity index (χ1) is 9.49. The summed E-state index contributed by atoms with van der Waals surface area (Å²) >= 11 is 0. The highest BCUT2D eigenvalue weighted by molar-refractivity contribution is 5.98. The van der Waals surface area contributed by atoms with Gasteiger partial charge in [0, 0.05) is 48.3 Å². The molecule has 0 bridgehead atoms. The first-order valence-electron chi connectivity index (χ1n) is 7.07. The van der Waals surface area contributed by atoms with Crippen LogP contribution in [0, 0.1) is 0 Å². The third-order valence-corrected chi connectivity index (χ3v) is 4.50. The van der Waals surface area contributed by atoms with Gasteiger partial charge in [-0.2, -0.15) is 0 Å². The summed E-state index contributed by atoms with van der Waals surface area (Å²) in [7, 11) is 2.19. The average molecular weight is 270 g/mol. The molecule has 0 amide bonds. The van der Waals surface area contributed by atoms with E-state index in [1.165, 1.54) is 0 Å². The second-order valence-electron chi connectivity index (χ2n) is 6.25. The Morgan fingerprint density at radius 2 is 2.00 bits per heavy atom. The van der Waals surface area contributed by atoms with Crippen molar-refractivity contribution >= 4 is 22.1 Å². The molecule has 1 fully saturated rings. The van der Waals surface area contributed by atoms with E-state index in [0.717, 1.165) is 41.8 Å². The largest absolute Gasteiger partial charge is 0.397 e. The van der Waals surface area contributed by atoms with Crippen LogP contribution in [-0.4, -0.2) is 42.1 Å². The van der Waals surface area contributed by atoms with Gasteiger partial charge >= 0.3 is 0 Å². The van der Waals surface area contributed by atoms with Crippen LogP contribution in [0.25, 0.3) is 10.8 Å². The van der Waals surface area contributed by atoms with Crippen LogP contribution in [0.1, 0.15) is 13.8 Å². The zero-order valence-electron chi connectivity index (χ0n) is 12.4. The molecule has 2 aromatic rings. The van der Waals surface area contributed by atoms with Crippen molar-refractivity contribution < 1.29 is 0 Å². The van der Waals surface area contributed by atoms with Crippen LogP contribution in [0.2, 0.25) is 0 Å². The molecule has 20 heavy (non-hydrogen) atoms. The number of hydrogen-bond acceptors (Lipinski definition) is 4. The summed E-state index contributed by atoms with van der Waals surface area (Å²) in [4.78, 5) is 8.96. The van der Waals surface area contributed by atoms with Crippen LogP contribution in [0.4, 0.5) is 11.4 Å². The van der Waals surface area contributed by atoms with E-state index < -0.39 is 0 Å². The van der Waals surface area contributed by atoms with Crippen molar-refractivity contribution in [2.75, 3.05) is 37.3 Å². The molecule has 0 unspecified atom stereocenters. The Morgan fingerprint density at radius 1 is 1.20 bits per heavy atom. The lowest BCUT2D eigenvalue weighted by Gasteiger charge is -2.46. The maximum Gasteiger partial charge on any atom is 0.0632 e. The van der Waals surface area contributed by atoms with E-state index in [0.29, 0.717) is 0 Å². The highest BCUT2D eigenvalue weighted by atomic mass is 15.3. The van der Waals surface area contributed by atoms with E-state index in [9.17, 15) is 0 Å². The van der Waals surface area contributed by atoms with Crippen molar-refractivity contribution in [1.82, 2.24) is 9.88 Å². The molecule has 4 heteroatoms. The molecular weight excluding hydrogens is 248 g/mol. The molecular formula is C16H22N4. The number of nitrogens with zero attached hydrogens (tertiary/aromatic N) is 3. The number of piperazine rings is 1. The number of hydrogen-bond donors (Lipinski definition) is 1. The van der Waals surface area contributed by atoms with Crippen LogP contribution in [0.15, 0.2) is 30.6 Å².